The van der Waals surface area contributed by atoms with Crippen LogP contribution in [0.1, 0.15) is 46.0 Å². The Bertz CT molecular complexity index is 502. The lowest BCUT2D eigenvalue weighted by Crippen LogP contribution is -2.29. The van der Waals surface area contributed by atoms with Crippen molar-refractivity contribution in [3.63, 3.8) is 0 Å². The molecule has 0 spiro atoms. The summed E-state index contributed by atoms with van der Waals surface area (Å²) in [5.74, 6) is 0.228. The van der Waals surface area contributed by atoms with Crippen molar-refractivity contribution in [2.75, 3.05) is 25.1 Å². The summed E-state index contributed by atoms with van der Waals surface area (Å²) >= 11 is 10.9. The molecule has 1 rings (SSSR count). The van der Waals surface area contributed by atoms with E-state index in [1.54, 1.807) is 6.07 Å². The van der Waals surface area contributed by atoms with Crippen molar-refractivity contribution < 1.29 is 9.13 Å². The van der Waals surface area contributed by atoms with Crippen molar-refractivity contribution in [2.24, 2.45) is 5.92 Å². The first kappa shape index (κ1) is 21.1. The SMILES string of the molecule is CCCCC(CC)COCCCNC(=S)Nc1ccc(F)c(Cl)c1. The molecular weight excluding hydrogens is 347 g/mol. The summed E-state index contributed by atoms with van der Waals surface area (Å²) in [5, 5.41) is 6.65. The third kappa shape index (κ3) is 8.81. The van der Waals surface area contributed by atoms with Gasteiger partial charge in [-0.25, -0.2) is 4.39 Å². The second-order valence-electron chi connectivity index (χ2n) is 5.85. The predicted molar refractivity (Wildman–Crippen MR) is 104 cm³/mol. The minimum absolute atomic E-state index is 0.0738. The Morgan fingerprint density at radius 1 is 1.33 bits per heavy atom. The normalized spacial score (nSPS) is 12.0. The first-order chi connectivity index (χ1) is 11.6. The molecule has 6 heteroatoms. The van der Waals surface area contributed by atoms with Crippen LogP contribution in [0.3, 0.4) is 0 Å². The van der Waals surface area contributed by atoms with Gasteiger partial charge < -0.3 is 15.4 Å². The Morgan fingerprint density at radius 2 is 2.12 bits per heavy atom. The molecule has 0 bridgehead atoms. The van der Waals surface area contributed by atoms with Gasteiger partial charge in [-0.3, -0.25) is 0 Å². The summed E-state index contributed by atoms with van der Waals surface area (Å²) in [6.45, 7) is 6.73. The average molecular weight is 375 g/mol. The van der Waals surface area contributed by atoms with Gasteiger partial charge in [-0.05, 0) is 49.2 Å². The van der Waals surface area contributed by atoms with Crippen LogP contribution in [-0.4, -0.2) is 24.9 Å². The fraction of sp³-hybridized carbons (Fsp3) is 0.611. The molecule has 0 aliphatic carbocycles. The molecule has 0 aliphatic heterocycles. The number of rotatable bonds is 11. The summed E-state index contributed by atoms with van der Waals surface area (Å²) in [6.07, 6.45) is 5.82. The molecule has 0 saturated heterocycles. The van der Waals surface area contributed by atoms with Gasteiger partial charge in [-0.2, -0.15) is 0 Å². The van der Waals surface area contributed by atoms with E-state index in [1.165, 1.54) is 37.8 Å². The van der Waals surface area contributed by atoms with E-state index in [4.69, 9.17) is 28.6 Å². The molecule has 2 N–H and O–H groups in total. The maximum atomic E-state index is 13.1. The highest BCUT2D eigenvalue weighted by molar-refractivity contribution is 7.80. The fourth-order valence-corrected chi connectivity index (χ4v) is 2.67. The molecule has 0 aliphatic rings. The van der Waals surface area contributed by atoms with E-state index in [0.717, 1.165) is 26.2 Å². The molecule has 0 saturated carbocycles. The maximum absolute atomic E-state index is 13.1. The standard InChI is InChI=1S/C18H28ClFN2OS/c1-3-5-7-14(4-2)13-23-11-6-10-21-18(24)22-15-8-9-17(20)16(19)12-15/h8-9,12,14H,3-7,10-11,13H2,1-2H3,(H2,21,22,24). The summed E-state index contributed by atoms with van der Waals surface area (Å²) in [6, 6.07) is 4.42. The number of nitrogens with one attached hydrogen (secondary N) is 2. The van der Waals surface area contributed by atoms with E-state index in [9.17, 15) is 4.39 Å². The summed E-state index contributed by atoms with van der Waals surface area (Å²) in [4.78, 5) is 0. The van der Waals surface area contributed by atoms with Gasteiger partial charge in [0.25, 0.3) is 0 Å². The van der Waals surface area contributed by atoms with Gasteiger partial charge in [-0.1, -0.05) is 44.7 Å². The Morgan fingerprint density at radius 3 is 2.79 bits per heavy atom. The van der Waals surface area contributed by atoms with E-state index >= 15 is 0 Å². The van der Waals surface area contributed by atoms with Crippen molar-refractivity contribution in [3.05, 3.63) is 29.0 Å². The second kappa shape index (κ2) is 12.5. The van der Waals surface area contributed by atoms with Crippen molar-refractivity contribution in [1.82, 2.24) is 5.32 Å². The zero-order valence-electron chi connectivity index (χ0n) is 14.5. The first-order valence-corrected chi connectivity index (χ1v) is 9.43. The highest BCUT2D eigenvalue weighted by Crippen LogP contribution is 2.19. The summed E-state index contributed by atoms with van der Waals surface area (Å²) < 4.78 is 18.8. The second-order valence-corrected chi connectivity index (χ2v) is 6.67. The molecule has 1 aromatic rings. The van der Waals surface area contributed by atoms with Crippen LogP contribution < -0.4 is 10.6 Å². The van der Waals surface area contributed by atoms with Gasteiger partial charge in [-0.15, -0.1) is 0 Å². The van der Waals surface area contributed by atoms with E-state index < -0.39 is 5.82 Å². The van der Waals surface area contributed by atoms with Gasteiger partial charge >= 0.3 is 0 Å². The zero-order valence-corrected chi connectivity index (χ0v) is 16.1. The van der Waals surface area contributed by atoms with Gasteiger partial charge in [0, 0.05) is 25.4 Å². The molecular formula is C18H28ClFN2OS. The molecule has 0 fully saturated rings. The topological polar surface area (TPSA) is 33.3 Å². The first-order valence-electron chi connectivity index (χ1n) is 8.64. The van der Waals surface area contributed by atoms with E-state index in [-0.39, 0.29) is 5.02 Å². The lowest BCUT2D eigenvalue weighted by Gasteiger charge is -2.15. The lowest BCUT2D eigenvalue weighted by atomic mass is 10.0. The quantitative estimate of drug-likeness (QED) is 0.402. The highest BCUT2D eigenvalue weighted by atomic mass is 35.5. The fourth-order valence-electron chi connectivity index (χ4n) is 2.27. The van der Waals surface area contributed by atoms with Gasteiger partial charge in [0.05, 0.1) is 5.02 Å². The average Bonchev–Trinajstić information content (AvgIpc) is 2.57. The Kier molecular flexibility index (Phi) is 11.0. The van der Waals surface area contributed by atoms with Crippen molar-refractivity contribution in [1.29, 1.82) is 0 Å². The number of hydrogen-bond donors (Lipinski definition) is 2. The van der Waals surface area contributed by atoms with Crippen LogP contribution in [0.25, 0.3) is 0 Å². The van der Waals surface area contributed by atoms with E-state index in [2.05, 4.69) is 24.5 Å². The van der Waals surface area contributed by atoms with Gasteiger partial charge in [0.1, 0.15) is 5.82 Å². The Balaban J connectivity index is 2.12. The summed E-state index contributed by atoms with van der Waals surface area (Å²) in [7, 11) is 0. The smallest absolute Gasteiger partial charge is 0.170 e. The van der Waals surface area contributed by atoms with E-state index in [0.29, 0.717) is 16.7 Å². The van der Waals surface area contributed by atoms with Crippen molar-refractivity contribution in [3.8, 4) is 0 Å². The third-order valence-electron chi connectivity index (χ3n) is 3.83. The molecule has 0 radical (unpaired) electrons. The van der Waals surface area contributed by atoms with Crippen LogP contribution in [0.15, 0.2) is 18.2 Å². The number of benzene rings is 1. The molecule has 0 aromatic heterocycles. The number of thiocarbonyl (C=S) groups is 1. The lowest BCUT2D eigenvalue weighted by molar-refractivity contribution is 0.0928. The van der Waals surface area contributed by atoms with Crippen LogP contribution in [0.5, 0.6) is 0 Å². The number of halogens is 2. The molecule has 136 valence electrons. The predicted octanol–water partition coefficient (Wildman–Crippen LogP) is 5.39. The van der Waals surface area contributed by atoms with Crippen LogP contribution in [0.2, 0.25) is 5.02 Å². The monoisotopic (exact) mass is 374 g/mol. The summed E-state index contributed by atoms with van der Waals surface area (Å²) in [5.41, 5.74) is 0.664. The van der Waals surface area contributed by atoms with E-state index in [1.807, 2.05) is 0 Å². The molecule has 3 nitrogen and oxygen atoms in total. The Hall–Kier alpha value is -0.910. The molecule has 0 amide bonds. The van der Waals surface area contributed by atoms with Gasteiger partial charge in [0.2, 0.25) is 0 Å². The number of hydrogen-bond acceptors (Lipinski definition) is 2. The van der Waals surface area contributed by atoms with Crippen LogP contribution in [0, 0.1) is 11.7 Å². The number of ether oxygens (including phenoxy) is 1. The maximum Gasteiger partial charge on any atom is 0.170 e. The molecule has 1 unspecified atom stereocenters. The third-order valence-corrected chi connectivity index (χ3v) is 4.36. The molecule has 1 aromatic carbocycles. The molecule has 1 atom stereocenters. The minimum atomic E-state index is -0.442. The van der Waals surface area contributed by atoms with Crippen molar-refractivity contribution in [2.45, 2.75) is 46.0 Å². The van der Waals surface area contributed by atoms with Crippen LogP contribution in [0.4, 0.5) is 10.1 Å². The molecule has 0 heterocycles. The Labute approximate surface area is 155 Å². The van der Waals surface area contributed by atoms with Crippen LogP contribution in [-0.2, 0) is 4.74 Å². The minimum Gasteiger partial charge on any atom is -0.381 e. The largest absolute Gasteiger partial charge is 0.381 e. The number of anilines is 1. The van der Waals surface area contributed by atoms with Crippen LogP contribution >= 0.6 is 23.8 Å². The zero-order chi connectivity index (χ0) is 17.8. The van der Waals surface area contributed by atoms with Gasteiger partial charge in [0.15, 0.2) is 5.11 Å². The number of unbranched alkanes of at least 4 members (excludes halogenated alkanes) is 1. The van der Waals surface area contributed by atoms with Crippen molar-refractivity contribution >= 4 is 34.6 Å². The molecule has 24 heavy (non-hydrogen) atoms. The highest BCUT2D eigenvalue weighted by Gasteiger charge is 2.06.